The Bertz CT molecular complexity index is 563. The van der Waals surface area contributed by atoms with Crippen LogP contribution in [0.1, 0.15) is 0 Å². The maximum atomic E-state index is 11.2. The normalized spacial score (nSPS) is 11.5. The van der Waals surface area contributed by atoms with Gasteiger partial charge in [-0.1, -0.05) is 12.1 Å². The molecule has 0 fully saturated rings. The molecule has 1 aromatic carbocycles. The summed E-state index contributed by atoms with van der Waals surface area (Å²) in [6, 6.07) is 6.26. The van der Waals surface area contributed by atoms with E-state index in [1.165, 1.54) is 18.5 Å². The van der Waals surface area contributed by atoms with E-state index in [9.17, 15) is 8.42 Å². The molecule has 0 spiro atoms. The summed E-state index contributed by atoms with van der Waals surface area (Å²) in [6.07, 6.45) is 2.81. The second-order valence-corrected chi connectivity index (χ2v) is 5.31. The lowest BCUT2D eigenvalue weighted by atomic mass is 10.2. The predicted octanol–water partition coefficient (Wildman–Crippen LogP) is 2.27. The lowest BCUT2D eigenvalue weighted by molar-refractivity contribution is 0.571. The summed E-state index contributed by atoms with van der Waals surface area (Å²) in [5.41, 5.74) is 0.359. The molecule has 0 aliphatic heterocycles. The molecule has 0 saturated carbocycles. The Balaban J connectivity index is 2.68. The van der Waals surface area contributed by atoms with E-state index in [4.69, 9.17) is 15.1 Å². The minimum Gasteiger partial charge on any atom is -0.444 e. The zero-order valence-electron chi connectivity index (χ0n) is 7.42. The molecule has 0 unspecified atom stereocenters. The highest BCUT2D eigenvalue weighted by Crippen LogP contribution is 2.27. The Morgan fingerprint density at radius 1 is 1.27 bits per heavy atom. The van der Waals surface area contributed by atoms with Crippen LogP contribution in [-0.4, -0.2) is 13.4 Å². The summed E-state index contributed by atoms with van der Waals surface area (Å²) in [5, 5.41) is 0. The molecule has 2 aromatic rings. The monoisotopic (exact) mass is 243 g/mol. The number of rotatable bonds is 2. The van der Waals surface area contributed by atoms with Crippen molar-refractivity contribution in [3.05, 3.63) is 36.7 Å². The second kappa shape index (κ2) is 3.67. The summed E-state index contributed by atoms with van der Waals surface area (Å²) >= 11 is 0. The summed E-state index contributed by atoms with van der Waals surface area (Å²) in [7, 11) is 1.50. The molecule has 0 aliphatic carbocycles. The van der Waals surface area contributed by atoms with Gasteiger partial charge < -0.3 is 4.42 Å². The van der Waals surface area contributed by atoms with E-state index in [1.807, 2.05) is 0 Å². The van der Waals surface area contributed by atoms with Crippen molar-refractivity contribution >= 4 is 19.7 Å². The third kappa shape index (κ3) is 2.03. The van der Waals surface area contributed by atoms with Gasteiger partial charge in [-0.25, -0.2) is 13.4 Å². The van der Waals surface area contributed by atoms with Gasteiger partial charge in [-0.3, -0.25) is 0 Å². The molecule has 0 radical (unpaired) electrons. The first kappa shape index (κ1) is 10.2. The number of hydrogen-bond donors (Lipinski definition) is 0. The van der Waals surface area contributed by atoms with Crippen LogP contribution >= 0.6 is 10.7 Å². The summed E-state index contributed by atoms with van der Waals surface area (Å²) in [4.78, 5) is 3.87. The van der Waals surface area contributed by atoms with Crippen LogP contribution in [-0.2, 0) is 9.05 Å². The van der Waals surface area contributed by atoms with Gasteiger partial charge in [-0.2, -0.15) is 0 Å². The van der Waals surface area contributed by atoms with Crippen molar-refractivity contribution in [2.75, 3.05) is 0 Å². The number of nitrogens with zero attached hydrogens (tertiary/aromatic N) is 1. The number of oxazole rings is 1. The van der Waals surface area contributed by atoms with E-state index in [0.717, 1.165) is 0 Å². The second-order valence-electron chi connectivity index (χ2n) is 2.77. The van der Waals surface area contributed by atoms with Crippen LogP contribution in [0.25, 0.3) is 11.5 Å². The molecule has 1 heterocycles. The van der Waals surface area contributed by atoms with Gasteiger partial charge in [0.05, 0.1) is 16.7 Å². The molecule has 0 N–H and O–H groups in total. The van der Waals surface area contributed by atoms with Gasteiger partial charge in [0.25, 0.3) is 9.05 Å². The van der Waals surface area contributed by atoms with Gasteiger partial charge in [0, 0.05) is 10.7 Å². The highest BCUT2D eigenvalue weighted by molar-refractivity contribution is 8.13. The lowest BCUT2D eigenvalue weighted by Crippen LogP contribution is -1.94. The minimum atomic E-state index is -3.79. The molecule has 0 atom stereocenters. The van der Waals surface area contributed by atoms with E-state index in [-0.39, 0.29) is 10.8 Å². The van der Waals surface area contributed by atoms with Crippen molar-refractivity contribution in [3.8, 4) is 11.5 Å². The standard InChI is InChI=1S/C9H6ClNO3S/c10-15(12,13)8-4-2-1-3-7(8)9-11-5-6-14-9/h1-6H. The third-order valence-corrected chi connectivity index (χ3v) is 3.19. The summed E-state index contributed by atoms with van der Waals surface area (Å²) < 4.78 is 27.5. The van der Waals surface area contributed by atoms with Crippen molar-refractivity contribution in [2.45, 2.75) is 4.90 Å². The van der Waals surface area contributed by atoms with Crippen molar-refractivity contribution in [3.63, 3.8) is 0 Å². The molecule has 6 heteroatoms. The SMILES string of the molecule is O=S(=O)(Cl)c1ccccc1-c1ncco1. The van der Waals surface area contributed by atoms with E-state index >= 15 is 0 Å². The van der Waals surface area contributed by atoms with Crippen LogP contribution in [0.15, 0.2) is 46.0 Å². The smallest absolute Gasteiger partial charge is 0.262 e. The Morgan fingerprint density at radius 3 is 2.60 bits per heavy atom. The molecular formula is C9H6ClNO3S. The topological polar surface area (TPSA) is 60.2 Å². The molecule has 0 aliphatic rings. The minimum absolute atomic E-state index is 0.00545. The fraction of sp³-hybridized carbons (Fsp3) is 0. The third-order valence-electron chi connectivity index (χ3n) is 1.81. The number of aromatic nitrogens is 1. The van der Waals surface area contributed by atoms with Crippen LogP contribution < -0.4 is 0 Å². The molecule has 4 nitrogen and oxygen atoms in total. The highest BCUT2D eigenvalue weighted by atomic mass is 35.7. The Hall–Kier alpha value is -1.33. The molecule has 0 amide bonds. The number of benzene rings is 1. The Morgan fingerprint density at radius 2 is 2.00 bits per heavy atom. The van der Waals surface area contributed by atoms with Crippen LogP contribution in [0.4, 0.5) is 0 Å². The number of hydrogen-bond acceptors (Lipinski definition) is 4. The summed E-state index contributed by atoms with van der Waals surface area (Å²) in [6.45, 7) is 0. The Labute approximate surface area is 90.9 Å². The van der Waals surface area contributed by atoms with E-state index < -0.39 is 9.05 Å². The van der Waals surface area contributed by atoms with Gasteiger partial charge in [0.2, 0.25) is 5.89 Å². The molecular weight excluding hydrogens is 238 g/mol. The molecule has 15 heavy (non-hydrogen) atoms. The first-order chi connectivity index (χ1) is 7.09. The first-order valence-corrected chi connectivity index (χ1v) is 6.33. The maximum Gasteiger partial charge on any atom is 0.262 e. The zero-order chi connectivity index (χ0) is 10.9. The van der Waals surface area contributed by atoms with Gasteiger partial charge >= 0.3 is 0 Å². The molecule has 0 saturated heterocycles. The fourth-order valence-electron chi connectivity index (χ4n) is 1.21. The van der Waals surface area contributed by atoms with Gasteiger partial charge in [-0.15, -0.1) is 0 Å². The molecule has 2 rings (SSSR count). The predicted molar refractivity (Wildman–Crippen MR) is 55.0 cm³/mol. The van der Waals surface area contributed by atoms with Crippen molar-refractivity contribution < 1.29 is 12.8 Å². The Kier molecular flexibility index (Phi) is 2.50. The molecule has 1 aromatic heterocycles. The average molecular weight is 244 g/mol. The largest absolute Gasteiger partial charge is 0.444 e. The van der Waals surface area contributed by atoms with Gasteiger partial charge in [0.1, 0.15) is 6.26 Å². The molecule has 0 bridgehead atoms. The van der Waals surface area contributed by atoms with Crippen LogP contribution in [0, 0.1) is 0 Å². The van der Waals surface area contributed by atoms with Crippen LogP contribution in [0.5, 0.6) is 0 Å². The zero-order valence-corrected chi connectivity index (χ0v) is 8.99. The van der Waals surface area contributed by atoms with Crippen LogP contribution in [0.3, 0.4) is 0 Å². The van der Waals surface area contributed by atoms with Crippen molar-refractivity contribution in [1.29, 1.82) is 0 Å². The van der Waals surface area contributed by atoms with E-state index in [2.05, 4.69) is 4.98 Å². The van der Waals surface area contributed by atoms with Crippen molar-refractivity contribution in [2.24, 2.45) is 0 Å². The van der Waals surface area contributed by atoms with Gasteiger partial charge in [0.15, 0.2) is 0 Å². The fourth-order valence-corrected chi connectivity index (χ4v) is 2.28. The van der Waals surface area contributed by atoms with Gasteiger partial charge in [-0.05, 0) is 12.1 Å². The van der Waals surface area contributed by atoms with Crippen molar-refractivity contribution in [1.82, 2.24) is 4.98 Å². The van der Waals surface area contributed by atoms with E-state index in [1.54, 1.807) is 18.2 Å². The average Bonchev–Trinajstić information content (AvgIpc) is 2.69. The van der Waals surface area contributed by atoms with Crippen LogP contribution in [0.2, 0.25) is 0 Å². The number of halogens is 1. The maximum absolute atomic E-state index is 11.2. The lowest BCUT2D eigenvalue weighted by Gasteiger charge is -2.01. The molecule has 78 valence electrons. The summed E-state index contributed by atoms with van der Waals surface area (Å²) in [5.74, 6) is 0.231. The van der Waals surface area contributed by atoms with E-state index in [0.29, 0.717) is 5.56 Å². The first-order valence-electron chi connectivity index (χ1n) is 4.02. The quantitative estimate of drug-likeness (QED) is 0.759. The highest BCUT2D eigenvalue weighted by Gasteiger charge is 2.18.